The second kappa shape index (κ2) is 7.98. The maximum atomic E-state index is 12.3. The van der Waals surface area contributed by atoms with Gasteiger partial charge in [-0.15, -0.1) is 11.3 Å². The first-order chi connectivity index (χ1) is 14.1. The van der Waals surface area contributed by atoms with Crippen LogP contribution in [0, 0.1) is 0 Å². The first-order valence-corrected chi connectivity index (χ1v) is 9.32. The molecule has 0 unspecified atom stereocenters. The van der Waals surface area contributed by atoms with E-state index in [0.29, 0.717) is 16.5 Å². The number of benzene rings is 1. The van der Waals surface area contributed by atoms with E-state index in [9.17, 15) is 9.59 Å². The van der Waals surface area contributed by atoms with Crippen LogP contribution in [0.3, 0.4) is 0 Å². The zero-order valence-electron chi connectivity index (χ0n) is 15.1. The number of hydrazine groups is 1. The van der Waals surface area contributed by atoms with Gasteiger partial charge in [-0.2, -0.15) is 5.10 Å². The molecule has 0 aliphatic heterocycles. The van der Waals surface area contributed by atoms with Crippen LogP contribution >= 0.6 is 11.3 Å². The van der Waals surface area contributed by atoms with Crippen LogP contribution in [0.5, 0.6) is 5.75 Å². The number of rotatable bonds is 5. The van der Waals surface area contributed by atoms with Gasteiger partial charge in [-0.25, -0.2) is 4.98 Å². The quantitative estimate of drug-likeness (QED) is 0.436. The van der Waals surface area contributed by atoms with Gasteiger partial charge < -0.3 is 9.15 Å². The molecule has 29 heavy (non-hydrogen) atoms. The molecular formula is C19H15N5O4S. The number of H-pyrrole nitrogens is 1. The van der Waals surface area contributed by atoms with Crippen LogP contribution < -0.4 is 15.6 Å². The zero-order chi connectivity index (χ0) is 20.2. The molecule has 9 nitrogen and oxygen atoms in total. The maximum absolute atomic E-state index is 12.3. The summed E-state index contributed by atoms with van der Waals surface area (Å²) in [6, 6.07) is 12.3. The van der Waals surface area contributed by atoms with Crippen molar-refractivity contribution in [2.24, 2.45) is 0 Å². The molecule has 1 aromatic carbocycles. The molecule has 0 bridgehead atoms. The van der Waals surface area contributed by atoms with E-state index in [1.54, 1.807) is 42.8 Å². The van der Waals surface area contributed by atoms with E-state index >= 15 is 0 Å². The first kappa shape index (κ1) is 18.4. The molecule has 4 rings (SSSR count). The Morgan fingerprint density at radius 2 is 1.93 bits per heavy atom. The van der Waals surface area contributed by atoms with Crippen molar-refractivity contribution in [1.29, 1.82) is 0 Å². The first-order valence-electron chi connectivity index (χ1n) is 8.44. The number of hydrogen-bond donors (Lipinski definition) is 3. The predicted octanol–water partition coefficient (Wildman–Crippen LogP) is 2.88. The molecule has 3 aromatic heterocycles. The Kier molecular flexibility index (Phi) is 5.08. The molecule has 2 amide bonds. The SMILES string of the molecule is COc1ccc(-c2cc(C(=O)NNC(=O)c3csc(-c4ccco4)n3)[nH]n2)cc1. The van der Waals surface area contributed by atoms with Gasteiger partial charge in [0.1, 0.15) is 17.1 Å². The van der Waals surface area contributed by atoms with E-state index in [-0.39, 0.29) is 11.4 Å². The minimum Gasteiger partial charge on any atom is -0.497 e. The lowest BCUT2D eigenvalue weighted by Gasteiger charge is -2.03. The second-order valence-corrected chi connectivity index (χ2v) is 6.68. The number of nitrogens with zero attached hydrogens (tertiary/aromatic N) is 2. The normalized spacial score (nSPS) is 10.5. The van der Waals surface area contributed by atoms with E-state index in [1.165, 1.54) is 17.6 Å². The van der Waals surface area contributed by atoms with Crippen molar-refractivity contribution in [1.82, 2.24) is 26.0 Å². The third-order valence-electron chi connectivity index (χ3n) is 3.97. The highest BCUT2D eigenvalue weighted by Crippen LogP contribution is 2.24. The van der Waals surface area contributed by atoms with Crippen LogP contribution in [0.2, 0.25) is 0 Å². The average Bonchev–Trinajstić information content (AvgIpc) is 3.52. The van der Waals surface area contributed by atoms with Crippen molar-refractivity contribution in [2.45, 2.75) is 0 Å². The molecule has 0 atom stereocenters. The lowest BCUT2D eigenvalue weighted by molar-refractivity contribution is 0.0841. The van der Waals surface area contributed by atoms with E-state index in [1.807, 2.05) is 12.1 Å². The number of hydrogen-bond acceptors (Lipinski definition) is 7. The number of furan rings is 1. The van der Waals surface area contributed by atoms with Crippen molar-refractivity contribution < 1.29 is 18.7 Å². The smallest absolute Gasteiger partial charge is 0.289 e. The van der Waals surface area contributed by atoms with Gasteiger partial charge in [-0.3, -0.25) is 25.5 Å². The highest BCUT2D eigenvalue weighted by atomic mass is 32.1. The molecule has 0 saturated carbocycles. The summed E-state index contributed by atoms with van der Waals surface area (Å²) in [6.07, 6.45) is 1.53. The van der Waals surface area contributed by atoms with Crippen molar-refractivity contribution in [3.05, 3.63) is 65.5 Å². The van der Waals surface area contributed by atoms with E-state index < -0.39 is 11.8 Å². The van der Waals surface area contributed by atoms with Crippen molar-refractivity contribution in [2.75, 3.05) is 7.11 Å². The van der Waals surface area contributed by atoms with Crippen LogP contribution in [-0.2, 0) is 0 Å². The van der Waals surface area contributed by atoms with Crippen LogP contribution in [0.1, 0.15) is 21.0 Å². The van der Waals surface area contributed by atoms with Crippen molar-refractivity contribution in [3.8, 4) is 27.8 Å². The molecule has 146 valence electrons. The van der Waals surface area contributed by atoms with Crippen LogP contribution in [-0.4, -0.2) is 34.1 Å². The third kappa shape index (κ3) is 4.01. The molecule has 0 aliphatic rings. The summed E-state index contributed by atoms with van der Waals surface area (Å²) in [7, 11) is 1.59. The molecular weight excluding hydrogens is 394 g/mol. The van der Waals surface area contributed by atoms with Crippen molar-refractivity contribution >= 4 is 23.2 Å². The number of aromatic amines is 1. The second-order valence-electron chi connectivity index (χ2n) is 5.82. The van der Waals surface area contributed by atoms with E-state index in [4.69, 9.17) is 9.15 Å². The topological polar surface area (TPSA) is 122 Å². The average molecular weight is 409 g/mol. The van der Waals surface area contributed by atoms with Gasteiger partial charge in [-0.05, 0) is 42.5 Å². The van der Waals surface area contributed by atoms with Gasteiger partial charge >= 0.3 is 0 Å². The molecule has 0 spiro atoms. The highest BCUT2D eigenvalue weighted by molar-refractivity contribution is 7.13. The molecule has 3 heterocycles. The number of amides is 2. The van der Waals surface area contributed by atoms with Crippen LogP contribution in [0.4, 0.5) is 0 Å². The standard InChI is InChI=1S/C19H15N5O4S/c1-27-12-6-4-11(5-7-12)13-9-14(22-21-13)17(25)23-24-18(26)15-10-29-19(20-15)16-3-2-8-28-16/h2-10H,1H3,(H,21,22)(H,23,25)(H,24,26). The Balaban J connectivity index is 1.37. The van der Waals surface area contributed by atoms with Gasteiger partial charge in [0.2, 0.25) is 0 Å². The van der Waals surface area contributed by atoms with Gasteiger partial charge in [0.05, 0.1) is 19.1 Å². The molecule has 0 aliphatic carbocycles. The van der Waals surface area contributed by atoms with Crippen molar-refractivity contribution in [3.63, 3.8) is 0 Å². The van der Waals surface area contributed by atoms with Crippen LogP contribution in [0.25, 0.3) is 22.0 Å². The number of nitrogens with one attached hydrogen (secondary N) is 3. The third-order valence-corrected chi connectivity index (χ3v) is 4.82. The Labute approximate surface area is 168 Å². The van der Waals surface area contributed by atoms with Gasteiger partial charge in [0.25, 0.3) is 11.8 Å². The summed E-state index contributed by atoms with van der Waals surface area (Å²) in [6.45, 7) is 0. The van der Waals surface area contributed by atoms with E-state index in [0.717, 1.165) is 11.3 Å². The fourth-order valence-corrected chi connectivity index (χ4v) is 3.25. The van der Waals surface area contributed by atoms with Crippen LogP contribution in [0.15, 0.2) is 58.5 Å². The minimum atomic E-state index is -0.540. The molecule has 0 fully saturated rings. The Morgan fingerprint density at radius 3 is 2.66 bits per heavy atom. The molecule has 10 heteroatoms. The molecule has 0 saturated heterocycles. The Bertz CT molecular complexity index is 1130. The molecule has 0 radical (unpaired) electrons. The minimum absolute atomic E-state index is 0.172. The largest absolute Gasteiger partial charge is 0.497 e. The zero-order valence-corrected chi connectivity index (χ0v) is 15.9. The summed E-state index contributed by atoms with van der Waals surface area (Å²) >= 11 is 1.27. The number of aromatic nitrogens is 3. The number of methoxy groups -OCH3 is 1. The van der Waals surface area contributed by atoms with Gasteiger partial charge in [0.15, 0.2) is 10.8 Å². The van der Waals surface area contributed by atoms with Gasteiger partial charge in [-0.1, -0.05) is 0 Å². The summed E-state index contributed by atoms with van der Waals surface area (Å²) in [5, 5.41) is 8.92. The van der Waals surface area contributed by atoms with E-state index in [2.05, 4.69) is 26.0 Å². The fraction of sp³-hybridized carbons (Fsp3) is 0.0526. The number of ether oxygens (including phenoxy) is 1. The Morgan fingerprint density at radius 1 is 1.14 bits per heavy atom. The lowest BCUT2D eigenvalue weighted by Crippen LogP contribution is -2.41. The Hall–Kier alpha value is -3.92. The maximum Gasteiger partial charge on any atom is 0.289 e. The number of thiazole rings is 1. The summed E-state index contributed by atoms with van der Waals surface area (Å²) in [4.78, 5) is 28.7. The fourth-order valence-electron chi connectivity index (χ4n) is 2.48. The highest BCUT2D eigenvalue weighted by Gasteiger charge is 2.16. The summed E-state index contributed by atoms with van der Waals surface area (Å²) in [5.41, 5.74) is 6.44. The number of carbonyl (C=O) groups excluding carboxylic acids is 2. The summed E-state index contributed by atoms with van der Waals surface area (Å²) in [5.74, 6) is 0.221. The molecule has 4 aromatic rings. The molecule has 3 N–H and O–H groups in total. The monoisotopic (exact) mass is 409 g/mol. The summed E-state index contributed by atoms with van der Waals surface area (Å²) < 4.78 is 10.4. The predicted molar refractivity (Wildman–Crippen MR) is 105 cm³/mol. The lowest BCUT2D eigenvalue weighted by atomic mass is 10.1. The number of carbonyl (C=O) groups is 2. The van der Waals surface area contributed by atoms with Gasteiger partial charge in [0, 0.05) is 10.9 Å².